The third-order valence-corrected chi connectivity index (χ3v) is 3.90. The number of aromatic nitrogens is 1. The van der Waals surface area contributed by atoms with Gasteiger partial charge in [0.25, 0.3) is 0 Å². The molecule has 0 aliphatic carbocycles. The molecule has 24 heavy (non-hydrogen) atoms. The van der Waals surface area contributed by atoms with Gasteiger partial charge in [-0.1, -0.05) is 19.3 Å². The smallest absolute Gasteiger partial charge is 0.222 e. The monoisotopic (exact) mass is 325 g/mol. The van der Waals surface area contributed by atoms with E-state index in [1.807, 2.05) is 12.1 Å². The highest BCUT2D eigenvalue weighted by Gasteiger charge is 2.19. The Kier molecular flexibility index (Phi) is 5.58. The molecule has 1 aromatic carbocycles. The van der Waals surface area contributed by atoms with E-state index in [9.17, 15) is 4.39 Å². The first-order valence-corrected chi connectivity index (χ1v) is 8.21. The Hall–Kier alpha value is -2.22. The molecule has 0 N–H and O–H groups in total. The van der Waals surface area contributed by atoms with Crippen LogP contribution in [0.2, 0.25) is 0 Å². The Bertz CT molecular complexity index is 708. The zero-order valence-corrected chi connectivity index (χ0v) is 13.7. The van der Waals surface area contributed by atoms with Gasteiger partial charge in [0, 0.05) is 23.2 Å². The summed E-state index contributed by atoms with van der Waals surface area (Å²) >= 11 is 0. The summed E-state index contributed by atoms with van der Waals surface area (Å²) in [6.07, 6.45) is 3.50. The molecule has 1 fully saturated rings. The third-order valence-electron chi connectivity index (χ3n) is 3.90. The van der Waals surface area contributed by atoms with E-state index < -0.39 is 6.29 Å². The van der Waals surface area contributed by atoms with Gasteiger partial charge in [0.2, 0.25) is 6.29 Å². The van der Waals surface area contributed by atoms with Crippen LogP contribution in [0.5, 0.6) is 0 Å². The van der Waals surface area contributed by atoms with Crippen molar-refractivity contribution in [1.29, 1.82) is 0 Å². The lowest BCUT2D eigenvalue weighted by atomic mass is 10.1. The normalized spacial score (nSPS) is 20.2. The SMILES string of the molecule is CCC[C@H]1CO[C@H](C#Cc2ccc(-c3ccc(F)cc3)nc2)OC1. The molecule has 2 heterocycles. The van der Waals surface area contributed by atoms with Gasteiger partial charge in [-0.3, -0.25) is 4.98 Å². The molecule has 2 aromatic rings. The number of ether oxygens (including phenoxy) is 2. The van der Waals surface area contributed by atoms with Crippen molar-refractivity contribution in [3.63, 3.8) is 0 Å². The predicted molar refractivity (Wildman–Crippen MR) is 90.6 cm³/mol. The second-order valence-corrected chi connectivity index (χ2v) is 5.86. The van der Waals surface area contributed by atoms with E-state index in [-0.39, 0.29) is 5.82 Å². The van der Waals surface area contributed by atoms with Crippen molar-refractivity contribution in [2.24, 2.45) is 5.92 Å². The lowest BCUT2D eigenvalue weighted by Crippen LogP contribution is -2.31. The van der Waals surface area contributed by atoms with Crippen LogP contribution >= 0.6 is 0 Å². The molecule has 0 bridgehead atoms. The van der Waals surface area contributed by atoms with Crippen LogP contribution in [0.3, 0.4) is 0 Å². The summed E-state index contributed by atoms with van der Waals surface area (Å²) in [5.74, 6) is 6.23. The van der Waals surface area contributed by atoms with Gasteiger partial charge in [0.05, 0.1) is 18.9 Å². The summed E-state index contributed by atoms with van der Waals surface area (Å²) in [4.78, 5) is 4.37. The highest BCUT2D eigenvalue weighted by atomic mass is 19.1. The van der Waals surface area contributed by atoms with Crippen LogP contribution in [0.15, 0.2) is 42.6 Å². The standard InChI is InChI=1S/C20H20FNO2/c1-2-3-16-13-23-20(24-14-16)11-5-15-4-10-19(22-12-15)17-6-8-18(21)9-7-17/h4,6-10,12,16,20H,2-3,13-14H2,1H3/t16-,20-. The molecule has 1 aliphatic rings. The van der Waals surface area contributed by atoms with Gasteiger partial charge < -0.3 is 9.47 Å². The number of rotatable bonds is 3. The Labute approximate surface area is 141 Å². The number of nitrogens with zero attached hydrogens (tertiary/aromatic N) is 1. The molecule has 1 aromatic heterocycles. The molecular weight excluding hydrogens is 305 g/mol. The van der Waals surface area contributed by atoms with Crippen molar-refractivity contribution in [2.45, 2.75) is 26.1 Å². The van der Waals surface area contributed by atoms with Gasteiger partial charge >= 0.3 is 0 Å². The molecule has 0 saturated carbocycles. The molecule has 3 nitrogen and oxygen atoms in total. The van der Waals surface area contributed by atoms with Gasteiger partial charge in [-0.15, -0.1) is 0 Å². The summed E-state index contributed by atoms with van der Waals surface area (Å²) in [7, 11) is 0. The highest BCUT2D eigenvalue weighted by Crippen LogP contribution is 2.18. The minimum Gasteiger partial charge on any atom is -0.342 e. The number of halogens is 1. The Morgan fingerprint density at radius 2 is 1.88 bits per heavy atom. The zero-order valence-electron chi connectivity index (χ0n) is 13.7. The molecule has 124 valence electrons. The highest BCUT2D eigenvalue weighted by molar-refractivity contribution is 5.59. The second kappa shape index (κ2) is 8.05. The van der Waals surface area contributed by atoms with Crippen molar-refractivity contribution in [3.05, 3.63) is 54.0 Å². The molecule has 4 heteroatoms. The van der Waals surface area contributed by atoms with Gasteiger partial charge in [0.1, 0.15) is 5.82 Å². The lowest BCUT2D eigenvalue weighted by molar-refractivity contribution is -0.170. The third kappa shape index (κ3) is 4.41. The van der Waals surface area contributed by atoms with E-state index in [0.29, 0.717) is 19.1 Å². The van der Waals surface area contributed by atoms with Crippen LogP contribution in [0.25, 0.3) is 11.3 Å². The average molecular weight is 325 g/mol. The summed E-state index contributed by atoms with van der Waals surface area (Å²) in [5, 5.41) is 0. The topological polar surface area (TPSA) is 31.4 Å². The molecule has 0 spiro atoms. The van der Waals surface area contributed by atoms with Gasteiger partial charge in [-0.25, -0.2) is 4.39 Å². The van der Waals surface area contributed by atoms with E-state index in [4.69, 9.17) is 9.47 Å². The van der Waals surface area contributed by atoms with Crippen LogP contribution in [0, 0.1) is 23.6 Å². The quantitative estimate of drug-likeness (QED) is 0.799. The lowest BCUT2D eigenvalue weighted by Gasteiger charge is -2.26. The van der Waals surface area contributed by atoms with E-state index in [0.717, 1.165) is 29.7 Å². The van der Waals surface area contributed by atoms with Gasteiger partial charge in [-0.05, 0) is 48.7 Å². The molecule has 0 amide bonds. The number of hydrogen-bond donors (Lipinski definition) is 0. The fourth-order valence-corrected chi connectivity index (χ4v) is 2.60. The van der Waals surface area contributed by atoms with Crippen molar-refractivity contribution in [2.75, 3.05) is 13.2 Å². The van der Waals surface area contributed by atoms with Crippen molar-refractivity contribution in [1.82, 2.24) is 4.98 Å². The second-order valence-electron chi connectivity index (χ2n) is 5.86. The first kappa shape index (κ1) is 16.6. The summed E-state index contributed by atoms with van der Waals surface area (Å²) in [5.41, 5.74) is 2.45. The Balaban J connectivity index is 1.60. The molecule has 0 unspecified atom stereocenters. The Morgan fingerprint density at radius 3 is 2.50 bits per heavy atom. The van der Waals surface area contributed by atoms with Crippen molar-refractivity contribution >= 4 is 0 Å². The van der Waals surface area contributed by atoms with E-state index in [2.05, 4.69) is 23.7 Å². The number of hydrogen-bond acceptors (Lipinski definition) is 3. The van der Waals surface area contributed by atoms with E-state index in [1.54, 1.807) is 18.3 Å². The minimum absolute atomic E-state index is 0.255. The maximum atomic E-state index is 12.9. The summed E-state index contributed by atoms with van der Waals surface area (Å²) in [6.45, 7) is 3.57. The fraction of sp³-hybridized carbons (Fsp3) is 0.350. The largest absolute Gasteiger partial charge is 0.342 e. The maximum Gasteiger partial charge on any atom is 0.222 e. The summed E-state index contributed by atoms with van der Waals surface area (Å²) < 4.78 is 24.2. The minimum atomic E-state index is -0.463. The fourth-order valence-electron chi connectivity index (χ4n) is 2.60. The van der Waals surface area contributed by atoms with Crippen LogP contribution in [0.1, 0.15) is 25.3 Å². The van der Waals surface area contributed by atoms with Crippen LogP contribution in [0.4, 0.5) is 4.39 Å². The van der Waals surface area contributed by atoms with Gasteiger partial charge in [0.15, 0.2) is 0 Å². The first-order chi connectivity index (χ1) is 11.7. The van der Waals surface area contributed by atoms with Crippen molar-refractivity contribution in [3.8, 4) is 23.1 Å². The number of benzene rings is 1. The maximum absolute atomic E-state index is 12.9. The van der Waals surface area contributed by atoms with Crippen molar-refractivity contribution < 1.29 is 13.9 Å². The van der Waals surface area contributed by atoms with Crippen LogP contribution in [-0.2, 0) is 9.47 Å². The predicted octanol–water partition coefficient (Wildman–Crippen LogP) is 4.03. The number of pyridine rings is 1. The molecule has 1 saturated heterocycles. The van der Waals surface area contributed by atoms with E-state index >= 15 is 0 Å². The van der Waals surface area contributed by atoms with Crippen LogP contribution < -0.4 is 0 Å². The first-order valence-electron chi connectivity index (χ1n) is 8.21. The molecular formula is C20H20FNO2. The van der Waals surface area contributed by atoms with E-state index in [1.165, 1.54) is 12.1 Å². The Morgan fingerprint density at radius 1 is 1.12 bits per heavy atom. The van der Waals surface area contributed by atoms with Crippen LogP contribution in [-0.4, -0.2) is 24.5 Å². The van der Waals surface area contributed by atoms with Gasteiger partial charge in [-0.2, -0.15) is 0 Å². The average Bonchev–Trinajstić information content (AvgIpc) is 2.63. The summed E-state index contributed by atoms with van der Waals surface area (Å²) in [6, 6.07) is 10.0. The molecule has 3 rings (SSSR count). The molecule has 1 aliphatic heterocycles. The molecule has 0 atom stereocenters. The molecule has 0 radical (unpaired) electrons. The zero-order chi connectivity index (χ0) is 16.8.